The second-order valence-corrected chi connectivity index (χ2v) is 7.05. The van der Waals surface area contributed by atoms with Crippen molar-refractivity contribution in [1.82, 2.24) is 0 Å². The number of hydrogen-bond donors (Lipinski definition) is 0. The standard InChI is InChI=1S/C19H17FN2O6/c1-9-6-15(23)22(16(9)24)12-8-13-14(7-11(12)20)28-19(4-5-19)18(26)21(13)10(2)17(25)27-3/h6-8,10H,4-5H2,1-3H3. The molecule has 1 aromatic carbocycles. The minimum absolute atomic E-state index is 0.0675. The largest absolute Gasteiger partial charge is 0.475 e. The quantitative estimate of drug-likeness (QED) is 0.575. The lowest BCUT2D eigenvalue weighted by atomic mass is 10.1. The van der Waals surface area contributed by atoms with Crippen molar-refractivity contribution in [2.75, 3.05) is 16.9 Å². The van der Waals surface area contributed by atoms with Crippen molar-refractivity contribution in [1.29, 1.82) is 0 Å². The number of methoxy groups -OCH3 is 1. The number of nitrogens with zero attached hydrogens (tertiary/aromatic N) is 2. The number of benzene rings is 1. The Morgan fingerprint density at radius 1 is 1.25 bits per heavy atom. The zero-order valence-corrected chi connectivity index (χ0v) is 15.4. The Morgan fingerprint density at radius 3 is 2.46 bits per heavy atom. The minimum Gasteiger partial charge on any atom is -0.475 e. The fraction of sp³-hybridized carbons (Fsp3) is 0.368. The number of halogens is 1. The lowest BCUT2D eigenvalue weighted by Crippen LogP contribution is -2.54. The highest BCUT2D eigenvalue weighted by Crippen LogP contribution is 2.51. The summed E-state index contributed by atoms with van der Waals surface area (Å²) in [5.74, 6) is -3.22. The van der Waals surface area contributed by atoms with E-state index in [0.29, 0.717) is 17.7 Å². The van der Waals surface area contributed by atoms with Crippen LogP contribution in [0, 0.1) is 5.82 Å². The van der Waals surface area contributed by atoms with Crippen molar-refractivity contribution in [3.63, 3.8) is 0 Å². The molecule has 0 aromatic heterocycles. The third-order valence-corrected chi connectivity index (χ3v) is 5.18. The summed E-state index contributed by atoms with van der Waals surface area (Å²) in [6.45, 7) is 2.93. The second-order valence-electron chi connectivity index (χ2n) is 7.05. The van der Waals surface area contributed by atoms with E-state index in [2.05, 4.69) is 0 Å². The van der Waals surface area contributed by atoms with Gasteiger partial charge in [0.15, 0.2) is 11.4 Å². The van der Waals surface area contributed by atoms with Crippen molar-refractivity contribution in [2.45, 2.75) is 38.3 Å². The van der Waals surface area contributed by atoms with Crippen LogP contribution in [0.5, 0.6) is 5.75 Å². The summed E-state index contributed by atoms with van der Waals surface area (Å²) in [6.07, 6.45) is 2.01. The first-order valence-electron chi connectivity index (χ1n) is 8.71. The fourth-order valence-electron chi connectivity index (χ4n) is 3.46. The first-order valence-corrected chi connectivity index (χ1v) is 8.71. The summed E-state index contributed by atoms with van der Waals surface area (Å²) >= 11 is 0. The number of amides is 3. The predicted octanol–water partition coefficient (Wildman–Crippen LogP) is 1.46. The molecule has 1 aliphatic carbocycles. The van der Waals surface area contributed by atoms with Crippen LogP contribution in [0.15, 0.2) is 23.8 Å². The lowest BCUT2D eigenvalue weighted by Gasteiger charge is -2.37. The molecule has 9 heteroatoms. The monoisotopic (exact) mass is 388 g/mol. The Bertz CT molecular complexity index is 981. The Hall–Kier alpha value is -3.23. The SMILES string of the molecule is COC(=O)C(C)N1C(=O)C2(CC2)Oc2cc(F)c(N3C(=O)C=C(C)C3=O)cc21. The van der Waals surface area contributed by atoms with Crippen molar-refractivity contribution in [2.24, 2.45) is 0 Å². The van der Waals surface area contributed by atoms with Gasteiger partial charge in [0.25, 0.3) is 17.7 Å². The number of imide groups is 1. The zero-order chi connectivity index (χ0) is 20.4. The van der Waals surface area contributed by atoms with E-state index < -0.39 is 41.2 Å². The van der Waals surface area contributed by atoms with E-state index in [0.717, 1.165) is 12.1 Å². The number of anilines is 2. The van der Waals surface area contributed by atoms with Gasteiger partial charge >= 0.3 is 5.97 Å². The summed E-state index contributed by atoms with van der Waals surface area (Å²) in [4.78, 5) is 51.4. The van der Waals surface area contributed by atoms with E-state index in [4.69, 9.17) is 9.47 Å². The Labute approximate surface area is 159 Å². The van der Waals surface area contributed by atoms with E-state index in [1.165, 1.54) is 31.9 Å². The molecule has 0 N–H and O–H groups in total. The molecule has 1 aromatic rings. The maximum Gasteiger partial charge on any atom is 0.328 e. The first kappa shape index (κ1) is 18.1. The van der Waals surface area contributed by atoms with Crippen LogP contribution in [-0.2, 0) is 23.9 Å². The van der Waals surface area contributed by atoms with Gasteiger partial charge in [0.05, 0.1) is 18.5 Å². The number of carbonyl (C=O) groups excluding carboxylic acids is 4. The molecule has 1 atom stereocenters. The second kappa shape index (κ2) is 5.88. The van der Waals surface area contributed by atoms with Crippen molar-refractivity contribution in [3.05, 3.63) is 29.6 Å². The van der Waals surface area contributed by atoms with Gasteiger partial charge in [0.2, 0.25) is 0 Å². The van der Waals surface area contributed by atoms with Crippen molar-refractivity contribution >= 4 is 35.1 Å². The summed E-state index contributed by atoms with van der Waals surface area (Å²) in [7, 11) is 1.20. The molecule has 146 valence electrons. The van der Waals surface area contributed by atoms with Gasteiger partial charge in [-0.15, -0.1) is 0 Å². The topological polar surface area (TPSA) is 93.2 Å². The van der Waals surface area contributed by atoms with Gasteiger partial charge < -0.3 is 9.47 Å². The molecule has 3 aliphatic rings. The van der Waals surface area contributed by atoms with Gasteiger partial charge in [0, 0.05) is 30.6 Å². The van der Waals surface area contributed by atoms with Crippen molar-refractivity contribution < 1.29 is 33.0 Å². The molecule has 28 heavy (non-hydrogen) atoms. The van der Waals surface area contributed by atoms with E-state index in [1.54, 1.807) is 0 Å². The van der Waals surface area contributed by atoms with Crippen molar-refractivity contribution in [3.8, 4) is 5.75 Å². The lowest BCUT2D eigenvalue weighted by molar-refractivity contribution is -0.144. The van der Waals surface area contributed by atoms with E-state index in [-0.39, 0.29) is 22.7 Å². The summed E-state index contributed by atoms with van der Waals surface area (Å²) in [5.41, 5.74) is -1.15. The Balaban J connectivity index is 1.85. The predicted molar refractivity (Wildman–Crippen MR) is 94.2 cm³/mol. The van der Waals surface area contributed by atoms with Gasteiger partial charge in [-0.2, -0.15) is 0 Å². The molecule has 2 heterocycles. The summed E-state index contributed by atoms with van der Waals surface area (Å²) in [6, 6.07) is 1.21. The molecular weight excluding hydrogens is 371 g/mol. The molecule has 1 unspecified atom stereocenters. The normalized spacial score (nSPS) is 20.7. The zero-order valence-electron chi connectivity index (χ0n) is 15.4. The molecule has 4 rings (SSSR count). The molecule has 8 nitrogen and oxygen atoms in total. The molecule has 0 saturated heterocycles. The maximum atomic E-state index is 14.8. The van der Waals surface area contributed by atoms with Crippen LogP contribution in [0.2, 0.25) is 0 Å². The molecule has 1 fully saturated rings. The van der Waals surface area contributed by atoms with Gasteiger partial charge in [-0.1, -0.05) is 0 Å². The van der Waals surface area contributed by atoms with Crippen LogP contribution in [-0.4, -0.2) is 42.4 Å². The van der Waals surface area contributed by atoms with Gasteiger partial charge in [-0.3, -0.25) is 19.3 Å². The molecule has 1 saturated carbocycles. The van der Waals surface area contributed by atoms with Crippen LogP contribution < -0.4 is 14.5 Å². The van der Waals surface area contributed by atoms with E-state index in [1.807, 2.05) is 0 Å². The van der Waals surface area contributed by atoms with Crippen LogP contribution in [0.4, 0.5) is 15.8 Å². The summed E-state index contributed by atoms with van der Waals surface area (Å²) in [5, 5.41) is 0. The number of esters is 1. The van der Waals surface area contributed by atoms with E-state index in [9.17, 15) is 23.6 Å². The van der Waals surface area contributed by atoms with Gasteiger partial charge in [-0.25, -0.2) is 14.1 Å². The Kier molecular flexibility index (Phi) is 3.81. The average molecular weight is 388 g/mol. The number of rotatable bonds is 3. The highest BCUT2D eigenvalue weighted by Gasteiger charge is 2.59. The molecule has 0 bridgehead atoms. The molecule has 1 spiro atoms. The number of ether oxygens (including phenoxy) is 2. The number of carbonyl (C=O) groups is 4. The minimum atomic E-state index is -1.11. The highest BCUT2D eigenvalue weighted by atomic mass is 19.1. The smallest absolute Gasteiger partial charge is 0.328 e. The van der Waals surface area contributed by atoms with Gasteiger partial charge in [-0.05, 0) is 19.9 Å². The average Bonchev–Trinajstić information content (AvgIpc) is 3.37. The highest BCUT2D eigenvalue weighted by molar-refractivity contribution is 6.30. The molecular formula is C19H17FN2O6. The third kappa shape index (κ3) is 2.42. The Morgan fingerprint density at radius 2 is 1.93 bits per heavy atom. The molecule has 3 amide bonds. The van der Waals surface area contributed by atoms with Crippen LogP contribution in [0.1, 0.15) is 26.7 Å². The number of hydrogen-bond acceptors (Lipinski definition) is 6. The van der Waals surface area contributed by atoms with E-state index >= 15 is 0 Å². The number of fused-ring (bicyclic) bond motifs is 1. The third-order valence-electron chi connectivity index (χ3n) is 5.18. The fourth-order valence-corrected chi connectivity index (χ4v) is 3.46. The van der Waals surface area contributed by atoms with Crippen LogP contribution in [0.3, 0.4) is 0 Å². The summed E-state index contributed by atoms with van der Waals surface area (Å²) < 4.78 is 25.3. The first-order chi connectivity index (χ1) is 13.2. The van der Waals surface area contributed by atoms with Crippen LogP contribution >= 0.6 is 0 Å². The molecule has 2 aliphatic heterocycles. The maximum absolute atomic E-state index is 14.8. The van der Waals surface area contributed by atoms with Gasteiger partial charge in [0.1, 0.15) is 11.8 Å². The van der Waals surface area contributed by atoms with Crippen LogP contribution in [0.25, 0.3) is 0 Å². The molecule has 0 radical (unpaired) electrons.